The molecule has 2 aliphatic rings. The van der Waals surface area contributed by atoms with E-state index in [1.165, 1.54) is 6.42 Å². The summed E-state index contributed by atoms with van der Waals surface area (Å²) in [6.07, 6.45) is 0.560. The summed E-state index contributed by atoms with van der Waals surface area (Å²) < 4.78 is 5.44. The topological polar surface area (TPSA) is 60.3 Å². The zero-order valence-corrected chi connectivity index (χ0v) is 16.9. The number of aliphatic hydroxyl groups is 1. The molecule has 2 atom stereocenters. The van der Waals surface area contributed by atoms with Gasteiger partial charge in [-0.05, 0) is 37.0 Å². The van der Waals surface area contributed by atoms with Gasteiger partial charge in [0.15, 0.2) is 5.96 Å². The summed E-state index contributed by atoms with van der Waals surface area (Å²) in [5.74, 6) is 1.56. The second-order valence-corrected chi connectivity index (χ2v) is 7.71. The first-order valence-corrected chi connectivity index (χ1v) is 10.3. The standard InChI is InChI=1S/C20H31ClN4O2/c1-2-22-20(23-13-19(26)17-3-5-18(21)6-4-17)25-8-7-16(15-25)14-24-9-11-27-12-10-24/h3-6,16,19,26H,2,7-15H2,1H3,(H,22,23). The van der Waals surface area contributed by atoms with Gasteiger partial charge in [0.1, 0.15) is 0 Å². The minimum absolute atomic E-state index is 0.342. The average molecular weight is 395 g/mol. The molecular weight excluding hydrogens is 364 g/mol. The van der Waals surface area contributed by atoms with E-state index in [4.69, 9.17) is 21.3 Å². The van der Waals surface area contributed by atoms with E-state index in [0.717, 1.165) is 64.0 Å². The number of halogens is 1. The number of morpholine rings is 1. The van der Waals surface area contributed by atoms with Crippen LogP contribution in [0, 0.1) is 5.92 Å². The minimum Gasteiger partial charge on any atom is -0.386 e. The predicted octanol–water partition coefficient (Wildman–Crippen LogP) is 1.99. The van der Waals surface area contributed by atoms with Gasteiger partial charge >= 0.3 is 0 Å². The zero-order chi connectivity index (χ0) is 19.1. The van der Waals surface area contributed by atoms with Crippen molar-refractivity contribution < 1.29 is 9.84 Å². The third kappa shape index (κ3) is 6.07. The van der Waals surface area contributed by atoms with Crippen LogP contribution in [0.4, 0.5) is 0 Å². The lowest BCUT2D eigenvalue weighted by Crippen LogP contribution is -2.42. The summed E-state index contributed by atoms with van der Waals surface area (Å²) >= 11 is 5.92. The van der Waals surface area contributed by atoms with Crippen LogP contribution in [0.15, 0.2) is 29.3 Å². The van der Waals surface area contributed by atoms with Gasteiger partial charge in [0.2, 0.25) is 0 Å². The van der Waals surface area contributed by atoms with Crippen molar-refractivity contribution in [3.05, 3.63) is 34.9 Å². The summed E-state index contributed by atoms with van der Waals surface area (Å²) in [5.41, 5.74) is 0.839. The number of hydrogen-bond acceptors (Lipinski definition) is 4. The largest absolute Gasteiger partial charge is 0.386 e. The summed E-state index contributed by atoms with van der Waals surface area (Å²) in [7, 11) is 0. The van der Waals surface area contributed by atoms with E-state index >= 15 is 0 Å². The Bertz CT molecular complexity index is 605. The summed E-state index contributed by atoms with van der Waals surface area (Å²) in [5, 5.41) is 14.5. The first kappa shape index (κ1) is 20.4. The summed E-state index contributed by atoms with van der Waals surface area (Å²) in [6, 6.07) is 7.30. The Morgan fingerprint density at radius 3 is 2.74 bits per heavy atom. The molecule has 3 rings (SSSR count). The normalized spacial score (nSPS) is 22.9. The third-order valence-electron chi connectivity index (χ3n) is 5.21. The van der Waals surface area contributed by atoms with Gasteiger partial charge in [-0.3, -0.25) is 9.89 Å². The molecule has 2 aliphatic heterocycles. The number of hydrogen-bond donors (Lipinski definition) is 2. The van der Waals surface area contributed by atoms with E-state index in [0.29, 0.717) is 17.5 Å². The quantitative estimate of drug-likeness (QED) is 0.570. The lowest BCUT2D eigenvalue weighted by atomic mass is 10.1. The van der Waals surface area contributed by atoms with Crippen molar-refractivity contribution in [3.63, 3.8) is 0 Å². The second-order valence-electron chi connectivity index (χ2n) is 7.28. The van der Waals surface area contributed by atoms with Crippen LogP contribution in [0.5, 0.6) is 0 Å². The van der Waals surface area contributed by atoms with Gasteiger partial charge in [-0.25, -0.2) is 0 Å². The van der Waals surface area contributed by atoms with Gasteiger partial charge in [0.05, 0.1) is 25.9 Å². The van der Waals surface area contributed by atoms with Crippen LogP contribution in [0.3, 0.4) is 0 Å². The molecule has 1 aromatic carbocycles. The lowest BCUT2D eigenvalue weighted by Gasteiger charge is -2.29. The fourth-order valence-corrected chi connectivity index (χ4v) is 3.84. The van der Waals surface area contributed by atoms with Crippen LogP contribution < -0.4 is 5.32 Å². The molecule has 0 saturated carbocycles. The second kappa shape index (κ2) is 10.3. The van der Waals surface area contributed by atoms with Crippen LogP contribution >= 0.6 is 11.6 Å². The molecular formula is C20H31ClN4O2. The van der Waals surface area contributed by atoms with Gasteiger partial charge in [0.25, 0.3) is 0 Å². The molecule has 6 nitrogen and oxygen atoms in total. The third-order valence-corrected chi connectivity index (χ3v) is 5.46. The molecule has 27 heavy (non-hydrogen) atoms. The number of ether oxygens (including phenoxy) is 1. The highest BCUT2D eigenvalue weighted by Gasteiger charge is 2.27. The molecule has 1 aromatic rings. The molecule has 0 aromatic heterocycles. The molecule has 2 saturated heterocycles. The van der Waals surface area contributed by atoms with Gasteiger partial charge < -0.3 is 20.1 Å². The Labute approximate surface area is 167 Å². The van der Waals surface area contributed by atoms with Crippen LogP contribution in [-0.2, 0) is 4.74 Å². The fraction of sp³-hybridized carbons (Fsp3) is 0.650. The van der Waals surface area contributed by atoms with Crippen LogP contribution in [0.2, 0.25) is 5.02 Å². The molecule has 0 aliphatic carbocycles. The molecule has 2 unspecified atom stereocenters. The fourth-order valence-electron chi connectivity index (χ4n) is 3.71. The van der Waals surface area contributed by atoms with Crippen molar-refractivity contribution in [1.29, 1.82) is 0 Å². The Kier molecular flexibility index (Phi) is 7.76. The van der Waals surface area contributed by atoms with Crippen molar-refractivity contribution in [1.82, 2.24) is 15.1 Å². The molecule has 0 amide bonds. The SMILES string of the molecule is CCNC(=NCC(O)c1ccc(Cl)cc1)N1CCC(CN2CCOCC2)C1. The molecule has 2 fully saturated rings. The predicted molar refractivity (Wildman–Crippen MR) is 109 cm³/mol. The lowest BCUT2D eigenvalue weighted by molar-refractivity contribution is 0.0315. The van der Waals surface area contributed by atoms with E-state index < -0.39 is 6.10 Å². The number of benzene rings is 1. The smallest absolute Gasteiger partial charge is 0.194 e. The van der Waals surface area contributed by atoms with E-state index in [1.807, 2.05) is 12.1 Å². The number of likely N-dealkylation sites (tertiary alicyclic amines) is 1. The number of aliphatic hydroxyl groups excluding tert-OH is 1. The molecule has 0 spiro atoms. The van der Waals surface area contributed by atoms with E-state index in [9.17, 15) is 5.11 Å². The highest BCUT2D eigenvalue weighted by Crippen LogP contribution is 2.20. The highest BCUT2D eigenvalue weighted by molar-refractivity contribution is 6.30. The van der Waals surface area contributed by atoms with Crippen LogP contribution in [0.1, 0.15) is 25.0 Å². The highest BCUT2D eigenvalue weighted by atomic mass is 35.5. The van der Waals surface area contributed by atoms with Crippen LogP contribution in [-0.4, -0.2) is 79.9 Å². The summed E-state index contributed by atoms with van der Waals surface area (Å²) in [4.78, 5) is 9.52. The first-order valence-electron chi connectivity index (χ1n) is 9.92. The Balaban J connectivity index is 1.54. The maximum Gasteiger partial charge on any atom is 0.194 e. The van der Waals surface area contributed by atoms with E-state index in [-0.39, 0.29) is 0 Å². The molecule has 2 heterocycles. The van der Waals surface area contributed by atoms with Gasteiger partial charge in [-0.1, -0.05) is 23.7 Å². The minimum atomic E-state index is -0.623. The summed E-state index contributed by atoms with van der Waals surface area (Å²) in [6.45, 7) is 10.2. The number of guanidine groups is 1. The van der Waals surface area contributed by atoms with Gasteiger partial charge in [-0.2, -0.15) is 0 Å². The monoisotopic (exact) mass is 394 g/mol. The maximum absolute atomic E-state index is 10.4. The first-order chi connectivity index (χ1) is 13.2. The number of nitrogens with one attached hydrogen (secondary N) is 1. The van der Waals surface area contributed by atoms with Crippen molar-refractivity contribution >= 4 is 17.6 Å². The Morgan fingerprint density at radius 2 is 2.04 bits per heavy atom. The van der Waals surface area contributed by atoms with Crippen molar-refractivity contribution in [2.45, 2.75) is 19.4 Å². The van der Waals surface area contributed by atoms with Crippen LogP contribution in [0.25, 0.3) is 0 Å². The molecule has 0 bridgehead atoms. The zero-order valence-electron chi connectivity index (χ0n) is 16.1. The number of aliphatic imine (C=N–C) groups is 1. The molecule has 0 radical (unpaired) electrons. The van der Waals surface area contributed by atoms with Crippen molar-refractivity contribution in [3.8, 4) is 0 Å². The maximum atomic E-state index is 10.4. The molecule has 2 N–H and O–H groups in total. The Morgan fingerprint density at radius 1 is 1.30 bits per heavy atom. The van der Waals surface area contributed by atoms with Crippen molar-refractivity contribution in [2.24, 2.45) is 10.9 Å². The number of rotatable bonds is 6. The number of nitrogens with zero attached hydrogens (tertiary/aromatic N) is 3. The molecule has 7 heteroatoms. The van der Waals surface area contributed by atoms with E-state index in [1.54, 1.807) is 12.1 Å². The van der Waals surface area contributed by atoms with E-state index in [2.05, 4.69) is 22.0 Å². The Hall–Kier alpha value is -1.34. The van der Waals surface area contributed by atoms with Gasteiger partial charge in [0, 0.05) is 44.3 Å². The average Bonchev–Trinajstić information content (AvgIpc) is 3.14. The van der Waals surface area contributed by atoms with Crippen molar-refractivity contribution in [2.75, 3.05) is 59.0 Å². The van der Waals surface area contributed by atoms with Gasteiger partial charge in [-0.15, -0.1) is 0 Å². The molecule has 150 valence electrons.